The van der Waals surface area contributed by atoms with Crippen LogP contribution >= 0.6 is 0 Å². The normalized spacial score (nSPS) is 18.6. The Bertz CT molecular complexity index is 1220. The number of nitrogens with one attached hydrogen (secondary N) is 1. The summed E-state index contributed by atoms with van der Waals surface area (Å²) in [6.07, 6.45) is 1.67. The quantitative estimate of drug-likeness (QED) is 0.677. The number of carbonyl (C=O) groups excluding carboxylic acids is 2. The van der Waals surface area contributed by atoms with E-state index >= 15 is 0 Å². The van der Waals surface area contributed by atoms with Crippen LogP contribution in [0.25, 0.3) is 0 Å². The number of methoxy groups -OCH3 is 1. The van der Waals surface area contributed by atoms with E-state index in [-0.39, 0.29) is 23.3 Å². The number of sulfonamides is 1. The van der Waals surface area contributed by atoms with Crippen molar-refractivity contribution in [2.45, 2.75) is 43.9 Å². The standard InChI is InChI=1S/C25H31N3O5S/c1-17-11-13-27(14-12-17)34(31,32)18-9-10-21-19(15-18)25(2,3)24(30)28(21)16-23(29)26-20-7-5-6-8-22(20)33-4/h5-10,15,17H,11-14,16H2,1-4H3,(H,26,29). The summed E-state index contributed by atoms with van der Waals surface area (Å²) in [5, 5.41) is 2.79. The van der Waals surface area contributed by atoms with Crippen molar-refractivity contribution in [3.05, 3.63) is 48.0 Å². The van der Waals surface area contributed by atoms with Crippen molar-refractivity contribution in [3.8, 4) is 5.75 Å². The van der Waals surface area contributed by atoms with E-state index in [0.29, 0.717) is 41.7 Å². The molecule has 2 aliphatic heterocycles. The third kappa shape index (κ3) is 4.30. The van der Waals surface area contributed by atoms with Gasteiger partial charge in [-0.05, 0) is 68.5 Å². The molecule has 1 saturated heterocycles. The Kier molecular flexibility index (Phi) is 6.44. The fourth-order valence-electron chi connectivity index (χ4n) is 4.59. The fraction of sp³-hybridized carbons (Fsp3) is 0.440. The van der Waals surface area contributed by atoms with Gasteiger partial charge in [-0.2, -0.15) is 4.31 Å². The molecule has 2 aromatic carbocycles. The molecule has 0 unspecified atom stereocenters. The van der Waals surface area contributed by atoms with Gasteiger partial charge in [0.05, 0.1) is 23.1 Å². The highest BCUT2D eigenvalue weighted by Gasteiger charge is 2.45. The Hall–Kier alpha value is -2.91. The summed E-state index contributed by atoms with van der Waals surface area (Å²) in [5.74, 6) is 0.407. The number of anilines is 2. The van der Waals surface area contributed by atoms with Gasteiger partial charge in [0.25, 0.3) is 0 Å². The van der Waals surface area contributed by atoms with Gasteiger partial charge in [-0.25, -0.2) is 8.42 Å². The molecular formula is C25H31N3O5S. The predicted octanol–water partition coefficient (Wildman–Crippen LogP) is 3.38. The van der Waals surface area contributed by atoms with Crippen LogP contribution < -0.4 is 15.0 Å². The van der Waals surface area contributed by atoms with Crippen LogP contribution in [0.2, 0.25) is 0 Å². The molecule has 2 aliphatic rings. The van der Waals surface area contributed by atoms with Gasteiger partial charge in [0.1, 0.15) is 12.3 Å². The SMILES string of the molecule is COc1ccccc1NC(=O)CN1C(=O)C(C)(C)c2cc(S(=O)(=O)N3CCC(C)CC3)ccc21. The van der Waals surface area contributed by atoms with Crippen molar-refractivity contribution in [1.82, 2.24) is 4.31 Å². The summed E-state index contributed by atoms with van der Waals surface area (Å²) in [5.41, 5.74) is 0.714. The molecule has 2 heterocycles. The van der Waals surface area contributed by atoms with E-state index in [4.69, 9.17) is 4.74 Å². The molecule has 2 amide bonds. The molecular weight excluding hydrogens is 454 g/mol. The number of carbonyl (C=O) groups is 2. The molecule has 0 aromatic heterocycles. The second kappa shape index (κ2) is 9.03. The fourth-order valence-corrected chi connectivity index (χ4v) is 6.08. The molecule has 1 fully saturated rings. The van der Waals surface area contributed by atoms with E-state index in [1.807, 2.05) is 0 Å². The summed E-state index contributed by atoms with van der Waals surface area (Å²) in [6.45, 7) is 6.45. The van der Waals surface area contributed by atoms with Crippen LogP contribution in [0.5, 0.6) is 5.75 Å². The molecule has 9 heteroatoms. The smallest absolute Gasteiger partial charge is 0.244 e. The number of ether oxygens (including phenoxy) is 1. The molecule has 0 radical (unpaired) electrons. The van der Waals surface area contributed by atoms with Crippen LogP contribution in [0.4, 0.5) is 11.4 Å². The number of amides is 2. The summed E-state index contributed by atoms with van der Waals surface area (Å²) in [4.78, 5) is 27.7. The van der Waals surface area contributed by atoms with Crippen molar-refractivity contribution in [1.29, 1.82) is 0 Å². The minimum absolute atomic E-state index is 0.182. The zero-order valence-corrected chi connectivity index (χ0v) is 20.8. The first-order valence-electron chi connectivity index (χ1n) is 11.4. The van der Waals surface area contributed by atoms with Gasteiger partial charge in [-0.1, -0.05) is 19.1 Å². The number of nitrogens with zero attached hydrogens (tertiary/aromatic N) is 2. The predicted molar refractivity (Wildman–Crippen MR) is 131 cm³/mol. The number of rotatable bonds is 6. The molecule has 4 rings (SSSR count). The van der Waals surface area contributed by atoms with E-state index in [1.165, 1.54) is 22.4 Å². The Morgan fingerprint density at radius 3 is 2.50 bits per heavy atom. The topological polar surface area (TPSA) is 96.0 Å². The molecule has 2 aromatic rings. The average molecular weight is 486 g/mol. The molecule has 0 bridgehead atoms. The maximum absolute atomic E-state index is 13.3. The first-order chi connectivity index (χ1) is 16.1. The van der Waals surface area contributed by atoms with Crippen LogP contribution in [-0.2, 0) is 25.0 Å². The van der Waals surface area contributed by atoms with Crippen LogP contribution in [0.3, 0.4) is 0 Å². The number of fused-ring (bicyclic) bond motifs is 1. The second-order valence-corrected chi connectivity index (χ2v) is 11.5. The van der Waals surface area contributed by atoms with Crippen molar-refractivity contribution in [3.63, 3.8) is 0 Å². The lowest BCUT2D eigenvalue weighted by Crippen LogP contribution is -2.40. The highest BCUT2D eigenvalue weighted by Crippen LogP contribution is 2.43. The first-order valence-corrected chi connectivity index (χ1v) is 12.9. The van der Waals surface area contributed by atoms with Gasteiger partial charge in [0, 0.05) is 18.8 Å². The van der Waals surface area contributed by atoms with Gasteiger partial charge in [0.15, 0.2) is 0 Å². The lowest BCUT2D eigenvalue weighted by atomic mass is 9.86. The molecule has 182 valence electrons. The van der Waals surface area contributed by atoms with Crippen molar-refractivity contribution in [2.24, 2.45) is 5.92 Å². The number of benzene rings is 2. The third-order valence-electron chi connectivity index (χ3n) is 6.78. The molecule has 1 N–H and O–H groups in total. The van der Waals surface area contributed by atoms with Crippen LogP contribution in [0, 0.1) is 5.92 Å². The third-order valence-corrected chi connectivity index (χ3v) is 8.67. The number of para-hydroxylation sites is 2. The minimum atomic E-state index is -3.65. The van der Waals surface area contributed by atoms with E-state index in [2.05, 4.69) is 12.2 Å². The monoisotopic (exact) mass is 485 g/mol. The highest BCUT2D eigenvalue weighted by atomic mass is 32.2. The number of hydrogen-bond donors (Lipinski definition) is 1. The Morgan fingerprint density at radius 2 is 1.82 bits per heavy atom. The van der Waals surface area contributed by atoms with Crippen molar-refractivity contribution >= 4 is 33.2 Å². The lowest BCUT2D eigenvalue weighted by Gasteiger charge is -2.29. The molecule has 0 saturated carbocycles. The molecule has 34 heavy (non-hydrogen) atoms. The molecule has 8 nitrogen and oxygen atoms in total. The molecule has 0 atom stereocenters. The largest absolute Gasteiger partial charge is 0.495 e. The van der Waals surface area contributed by atoms with E-state index in [0.717, 1.165) is 12.8 Å². The van der Waals surface area contributed by atoms with Crippen molar-refractivity contribution < 1.29 is 22.7 Å². The van der Waals surface area contributed by atoms with E-state index < -0.39 is 15.4 Å². The van der Waals surface area contributed by atoms with Gasteiger partial charge in [-0.15, -0.1) is 0 Å². The van der Waals surface area contributed by atoms with Crippen LogP contribution in [0.15, 0.2) is 47.4 Å². The Balaban J connectivity index is 1.59. The van der Waals surface area contributed by atoms with Gasteiger partial charge in [-0.3, -0.25) is 9.59 Å². The van der Waals surface area contributed by atoms with Crippen LogP contribution in [-0.4, -0.2) is 51.3 Å². The number of hydrogen-bond acceptors (Lipinski definition) is 5. The lowest BCUT2D eigenvalue weighted by molar-refractivity contribution is -0.124. The summed E-state index contributed by atoms with van der Waals surface area (Å²) >= 11 is 0. The highest BCUT2D eigenvalue weighted by molar-refractivity contribution is 7.89. The Morgan fingerprint density at radius 1 is 1.15 bits per heavy atom. The summed E-state index contributed by atoms with van der Waals surface area (Å²) in [7, 11) is -2.14. The van der Waals surface area contributed by atoms with E-state index in [9.17, 15) is 18.0 Å². The summed E-state index contributed by atoms with van der Waals surface area (Å²) in [6, 6.07) is 11.8. The number of piperidine rings is 1. The van der Waals surface area contributed by atoms with E-state index in [1.54, 1.807) is 50.2 Å². The zero-order chi connectivity index (χ0) is 24.7. The van der Waals surface area contributed by atoms with Gasteiger partial charge < -0.3 is 15.0 Å². The first kappa shape index (κ1) is 24.2. The second-order valence-electron chi connectivity index (χ2n) is 9.53. The molecule has 0 aliphatic carbocycles. The maximum atomic E-state index is 13.3. The van der Waals surface area contributed by atoms with Crippen LogP contribution in [0.1, 0.15) is 39.2 Å². The summed E-state index contributed by atoms with van der Waals surface area (Å²) < 4.78 is 33.3. The minimum Gasteiger partial charge on any atom is -0.495 e. The van der Waals surface area contributed by atoms with Crippen molar-refractivity contribution in [2.75, 3.05) is 37.0 Å². The Labute approximate surface area is 200 Å². The van der Waals surface area contributed by atoms with Gasteiger partial charge >= 0.3 is 0 Å². The molecule has 0 spiro atoms. The average Bonchev–Trinajstić information content (AvgIpc) is 3.00. The van der Waals surface area contributed by atoms with Gasteiger partial charge in [0.2, 0.25) is 21.8 Å². The zero-order valence-electron chi connectivity index (χ0n) is 20.0. The maximum Gasteiger partial charge on any atom is 0.244 e.